The van der Waals surface area contributed by atoms with Gasteiger partial charge in [-0.3, -0.25) is 19.7 Å². The Morgan fingerprint density at radius 2 is 1.75 bits per heavy atom. The van der Waals surface area contributed by atoms with Crippen LogP contribution in [0.4, 0.5) is 5.69 Å². The van der Waals surface area contributed by atoms with Crippen LogP contribution in [0, 0.1) is 10.1 Å². The topological polar surface area (TPSA) is 99.0 Å². The number of hydrogen-bond donors (Lipinski definition) is 0. The van der Waals surface area contributed by atoms with Gasteiger partial charge < -0.3 is 14.4 Å². The second-order valence-corrected chi connectivity index (χ2v) is 6.05. The number of carbonyl (C=O) groups excluding carboxylic acids is 2. The van der Waals surface area contributed by atoms with E-state index >= 15 is 0 Å². The lowest BCUT2D eigenvalue weighted by molar-refractivity contribution is -0.385. The monoisotopic (exact) mass is 386 g/mol. The molecule has 148 valence electrons. The zero-order chi connectivity index (χ0) is 20.5. The zero-order valence-electron chi connectivity index (χ0n) is 15.8. The second-order valence-electron chi connectivity index (χ2n) is 6.05. The van der Waals surface area contributed by atoms with E-state index < -0.39 is 10.9 Å². The highest BCUT2D eigenvalue weighted by Gasteiger charge is 2.21. The number of para-hydroxylation sites is 1. The summed E-state index contributed by atoms with van der Waals surface area (Å²) in [4.78, 5) is 36.5. The Morgan fingerprint density at radius 3 is 2.36 bits per heavy atom. The number of carbonyl (C=O) groups is 2. The van der Waals surface area contributed by atoms with Crippen molar-refractivity contribution in [2.24, 2.45) is 0 Å². The summed E-state index contributed by atoms with van der Waals surface area (Å²) in [6, 6.07) is 13.3. The highest BCUT2D eigenvalue weighted by atomic mass is 16.6. The number of hydrogen-bond acceptors (Lipinski definition) is 6. The predicted octanol–water partition coefficient (Wildman–Crippen LogP) is 2.74. The number of nitro benzene ring substituents is 1. The SMILES string of the molecule is COC(=O)CCN(Cc1ccc(OC)cc1)C(=O)Cc1ccccc1[N+](=O)[O-]. The molecule has 0 atom stereocenters. The van der Waals surface area contributed by atoms with Gasteiger partial charge in [0, 0.05) is 24.7 Å². The first-order valence-corrected chi connectivity index (χ1v) is 8.64. The number of nitrogens with zero attached hydrogens (tertiary/aromatic N) is 2. The van der Waals surface area contributed by atoms with Gasteiger partial charge in [0.05, 0.1) is 32.0 Å². The van der Waals surface area contributed by atoms with Crippen LogP contribution in [0.25, 0.3) is 0 Å². The van der Waals surface area contributed by atoms with Crippen LogP contribution in [0.1, 0.15) is 17.5 Å². The molecule has 0 bridgehead atoms. The fourth-order valence-electron chi connectivity index (χ4n) is 2.68. The Kier molecular flexibility index (Phi) is 7.50. The maximum atomic E-state index is 12.8. The fourth-order valence-corrected chi connectivity index (χ4v) is 2.68. The van der Waals surface area contributed by atoms with Crippen LogP contribution >= 0.6 is 0 Å². The third kappa shape index (κ3) is 5.80. The lowest BCUT2D eigenvalue weighted by Gasteiger charge is -2.22. The summed E-state index contributed by atoms with van der Waals surface area (Å²) >= 11 is 0. The normalized spacial score (nSPS) is 10.2. The van der Waals surface area contributed by atoms with E-state index in [-0.39, 0.29) is 37.5 Å². The summed E-state index contributed by atoms with van der Waals surface area (Å²) in [7, 11) is 2.85. The van der Waals surface area contributed by atoms with Crippen molar-refractivity contribution in [2.45, 2.75) is 19.4 Å². The summed E-state index contributed by atoms with van der Waals surface area (Å²) in [5.74, 6) is -0.0525. The van der Waals surface area contributed by atoms with Gasteiger partial charge in [-0.2, -0.15) is 0 Å². The quantitative estimate of drug-likeness (QED) is 0.373. The number of benzene rings is 2. The maximum Gasteiger partial charge on any atom is 0.307 e. The molecule has 2 rings (SSSR count). The Balaban J connectivity index is 2.18. The molecule has 8 nitrogen and oxygen atoms in total. The Bertz CT molecular complexity index is 835. The van der Waals surface area contributed by atoms with Gasteiger partial charge in [0.25, 0.3) is 5.69 Å². The molecular weight excluding hydrogens is 364 g/mol. The van der Waals surface area contributed by atoms with Crippen molar-refractivity contribution in [1.29, 1.82) is 0 Å². The molecule has 1 amide bonds. The molecule has 0 aromatic heterocycles. The molecule has 0 saturated heterocycles. The Labute approximate surface area is 162 Å². The van der Waals surface area contributed by atoms with E-state index in [0.717, 1.165) is 5.56 Å². The molecule has 0 aliphatic carbocycles. The molecule has 0 radical (unpaired) electrons. The molecule has 0 aliphatic rings. The summed E-state index contributed by atoms with van der Waals surface area (Å²) in [6.45, 7) is 0.415. The van der Waals surface area contributed by atoms with E-state index in [2.05, 4.69) is 4.74 Å². The number of rotatable bonds is 9. The first-order valence-electron chi connectivity index (χ1n) is 8.64. The Hall–Kier alpha value is -3.42. The lowest BCUT2D eigenvalue weighted by Crippen LogP contribution is -2.34. The highest BCUT2D eigenvalue weighted by Crippen LogP contribution is 2.20. The molecule has 0 heterocycles. The van der Waals surface area contributed by atoms with E-state index in [1.807, 2.05) is 12.1 Å². The third-order valence-corrected chi connectivity index (χ3v) is 4.23. The Morgan fingerprint density at radius 1 is 1.07 bits per heavy atom. The largest absolute Gasteiger partial charge is 0.497 e. The van der Waals surface area contributed by atoms with Crippen LogP contribution in [0.3, 0.4) is 0 Å². The summed E-state index contributed by atoms with van der Waals surface area (Å²) in [5, 5.41) is 11.2. The molecule has 0 unspecified atom stereocenters. The van der Waals surface area contributed by atoms with E-state index in [4.69, 9.17) is 4.74 Å². The van der Waals surface area contributed by atoms with E-state index in [1.54, 1.807) is 37.4 Å². The van der Waals surface area contributed by atoms with Crippen LogP contribution < -0.4 is 4.74 Å². The van der Waals surface area contributed by atoms with E-state index in [0.29, 0.717) is 11.3 Å². The van der Waals surface area contributed by atoms with Crippen molar-refractivity contribution in [3.63, 3.8) is 0 Å². The first kappa shape index (κ1) is 20.9. The number of methoxy groups -OCH3 is 2. The zero-order valence-corrected chi connectivity index (χ0v) is 15.8. The average molecular weight is 386 g/mol. The third-order valence-electron chi connectivity index (χ3n) is 4.23. The van der Waals surface area contributed by atoms with E-state index in [1.165, 1.54) is 18.1 Å². The first-order chi connectivity index (χ1) is 13.4. The van der Waals surface area contributed by atoms with Crippen LogP contribution in [0.2, 0.25) is 0 Å². The molecule has 2 aromatic carbocycles. The van der Waals surface area contributed by atoms with Gasteiger partial charge in [0.1, 0.15) is 5.75 Å². The number of nitro groups is 1. The van der Waals surface area contributed by atoms with Crippen molar-refractivity contribution in [3.05, 3.63) is 69.8 Å². The van der Waals surface area contributed by atoms with E-state index in [9.17, 15) is 19.7 Å². The molecule has 0 spiro atoms. The van der Waals surface area contributed by atoms with Crippen molar-refractivity contribution in [2.75, 3.05) is 20.8 Å². The number of amides is 1. The molecule has 8 heteroatoms. The van der Waals surface area contributed by atoms with Crippen LogP contribution in [-0.4, -0.2) is 42.5 Å². The van der Waals surface area contributed by atoms with Crippen molar-refractivity contribution < 1.29 is 24.0 Å². The van der Waals surface area contributed by atoms with Gasteiger partial charge in [0.15, 0.2) is 0 Å². The standard InChI is InChI=1S/C20H22N2O6/c1-27-17-9-7-15(8-10-17)14-21(12-11-20(24)28-2)19(23)13-16-5-3-4-6-18(16)22(25)26/h3-10H,11-14H2,1-2H3. The molecule has 28 heavy (non-hydrogen) atoms. The van der Waals surface area contributed by atoms with Gasteiger partial charge in [-0.25, -0.2) is 0 Å². The fraction of sp³-hybridized carbons (Fsp3) is 0.300. The molecule has 0 saturated carbocycles. The van der Waals surface area contributed by atoms with Crippen molar-refractivity contribution >= 4 is 17.6 Å². The molecule has 0 aliphatic heterocycles. The smallest absolute Gasteiger partial charge is 0.307 e. The summed E-state index contributed by atoms with van der Waals surface area (Å²) < 4.78 is 9.77. The minimum Gasteiger partial charge on any atom is -0.497 e. The number of ether oxygens (including phenoxy) is 2. The summed E-state index contributed by atoms with van der Waals surface area (Å²) in [5.41, 5.74) is 1.07. The molecule has 0 N–H and O–H groups in total. The van der Waals surface area contributed by atoms with Crippen molar-refractivity contribution in [1.82, 2.24) is 4.90 Å². The van der Waals surface area contributed by atoms with Gasteiger partial charge in [-0.1, -0.05) is 30.3 Å². The molecular formula is C20H22N2O6. The lowest BCUT2D eigenvalue weighted by atomic mass is 10.1. The van der Waals surface area contributed by atoms with Crippen LogP contribution in [0.5, 0.6) is 5.75 Å². The predicted molar refractivity (Wildman–Crippen MR) is 102 cm³/mol. The maximum absolute atomic E-state index is 12.8. The average Bonchev–Trinajstić information content (AvgIpc) is 2.71. The highest BCUT2D eigenvalue weighted by molar-refractivity contribution is 5.80. The van der Waals surface area contributed by atoms with Gasteiger partial charge in [-0.05, 0) is 17.7 Å². The van der Waals surface area contributed by atoms with Crippen molar-refractivity contribution in [3.8, 4) is 5.75 Å². The minimum atomic E-state index is -0.509. The van der Waals surface area contributed by atoms with Crippen LogP contribution in [0.15, 0.2) is 48.5 Å². The molecule has 2 aromatic rings. The van der Waals surface area contributed by atoms with Crippen LogP contribution in [-0.2, 0) is 27.3 Å². The number of esters is 1. The van der Waals surface area contributed by atoms with Gasteiger partial charge >= 0.3 is 5.97 Å². The minimum absolute atomic E-state index is 0.0370. The molecule has 0 fully saturated rings. The summed E-state index contributed by atoms with van der Waals surface area (Å²) in [6.07, 6.45) is -0.0935. The van der Waals surface area contributed by atoms with Gasteiger partial charge in [-0.15, -0.1) is 0 Å². The van der Waals surface area contributed by atoms with Gasteiger partial charge in [0.2, 0.25) is 5.91 Å². The second kappa shape index (κ2) is 10.1.